The number of hydrogen-bond acceptors (Lipinski definition) is 2. The van der Waals surface area contributed by atoms with Gasteiger partial charge in [0.05, 0.1) is 6.04 Å². The van der Waals surface area contributed by atoms with Crippen molar-refractivity contribution in [2.75, 3.05) is 19.6 Å². The van der Waals surface area contributed by atoms with Crippen LogP contribution in [0, 0.1) is 6.92 Å². The summed E-state index contributed by atoms with van der Waals surface area (Å²) in [4.78, 5) is 14.0. The number of carbonyl (C=O) groups excluding carboxylic acids is 1. The largest absolute Gasteiger partial charge is 0.341 e. The first-order valence-corrected chi connectivity index (χ1v) is 7.29. The second-order valence-corrected chi connectivity index (χ2v) is 5.26. The van der Waals surface area contributed by atoms with Crippen molar-refractivity contribution >= 4 is 5.91 Å². The summed E-state index contributed by atoms with van der Waals surface area (Å²) in [6.45, 7) is 6.87. The van der Waals surface area contributed by atoms with Crippen LogP contribution in [0.15, 0.2) is 24.3 Å². The third kappa shape index (κ3) is 3.57. The third-order valence-electron chi connectivity index (χ3n) is 3.84. The molecule has 1 amide bonds. The number of benzene rings is 1. The molecule has 2 rings (SSSR count). The van der Waals surface area contributed by atoms with E-state index < -0.39 is 0 Å². The fourth-order valence-electron chi connectivity index (χ4n) is 2.77. The Balaban J connectivity index is 2.11. The maximum absolute atomic E-state index is 11.9. The summed E-state index contributed by atoms with van der Waals surface area (Å²) in [5, 5.41) is 3.51. The second-order valence-electron chi connectivity index (χ2n) is 5.26. The highest BCUT2D eigenvalue weighted by atomic mass is 16.2. The molecule has 0 aliphatic carbocycles. The molecule has 0 bridgehead atoms. The van der Waals surface area contributed by atoms with E-state index in [4.69, 9.17) is 0 Å². The Morgan fingerprint density at radius 1 is 1.32 bits per heavy atom. The van der Waals surface area contributed by atoms with Crippen LogP contribution in [-0.2, 0) is 4.79 Å². The van der Waals surface area contributed by atoms with E-state index in [0.717, 1.165) is 32.5 Å². The molecule has 1 atom stereocenters. The SMILES string of the molecule is CCNC(CN1CCCCC1=O)c1ccccc1C. The lowest BCUT2D eigenvalue weighted by atomic mass is 9.99. The molecule has 1 aromatic carbocycles. The molecule has 1 unspecified atom stereocenters. The molecule has 1 aliphatic rings. The van der Waals surface area contributed by atoms with Gasteiger partial charge in [0.2, 0.25) is 5.91 Å². The average Bonchev–Trinajstić information content (AvgIpc) is 2.41. The molecule has 0 spiro atoms. The first kappa shape index (κ1) is 14.1. The lowest BCUT2D eigenvalue weighted by molar-refractivity contribution is -0.133. The van der Waals surface area contributed by atoms with Crippen LogP contribution in [0.3, 0.4) is 0 Å². The van der Waals surface area contributed by atoms with E-state index in [-0.39, 0.29) is 6.04 Å². The van der Waals surface area contributed by atoms with Crippen LogP contribution in [0.4, 0.5) is 0 Å². The van der Waals surface area contributed by atoms with Gasteiger partial charge in [-0.2, -0.15) is 0 Å². The summed E-state index contributed by atoms with van der Waals surface area (Å²) < 4.78 is 0. The van der Waals surface area contributed by atoms with Crippen molar-refractivity contribution in [1.82, 2.24) is 10.2 Å². The summed E-state index contributed by atoms with van der Waals surface area (Å²) in [7, 11) is 0. The normalized spacial score (nSPS) is 17.6. The Morgan fingerprint density at radius 3 is 2.79 bits per heavy atom. The predicted molar refractivity (Wildman–Crippen MR) is 78.0 cm³/mol. The topological polar surface area (TPSA) is 32.3 Å². The van der Waals surface area contributed by atoms with Crippen molar-refractivity contribution in [3.8, 4) is 0 Å². The van der Waals surface area contributed by atoms with Gasteiger partial charge in [-0.25, -0.2) is 0 Å². The zero-order valence-corrected chi connectivity index (χ0v) is 12.0. The molecule has 1 aliphatic heterocycles. The van der Waals surface area contributed by atoms with E-state index in [0.29, 0.717) is 12.3 Å². The first-order chi connectivity index (χ1) is 9.22. The number of nitrogens with one attached hydrogen (secondary N) is 1. The standard InChI is InChI=1S/C16H24N2O/c1-3-17-15(14-9-5-4-8-13(14)2)12-18-11-7-6-10-16(18)19/h4-5,8-9,15,17H,3,6-7,10-12H2,1-2H3. The van der Waals surface area contributed by atoms with E-state index >= 15 is 0 Å². The lowest BCUT2D eigenvalue weighted by Crippen LogP contribution is -2.41. The molecule has 104 valence electrons. The van der Waals surface area contributed by atoms with Crippen LogP contribution in [0.2, 0.25) is 0 Å². The van der Waals surface area contributed by atoms with Crippen molar-refractivity contribution in [2.24, 2.45) is 0 Å². The molecule has 1 heterocycles. The summed E-state index contributed by atoms with van der Waals surface area (Å²) in [6, 6.07) is 8.68. The first-order valence-electron chi connectivity index (χ1n) is 7.29. The number of likely N-dealkylation sites (N-methyl/N-ethyl adjacent to an activating group) is 1. The van der Waals surface area contributed by atoms with Gasteiger partial charge in [-0.15, -0.1) is 0 Å². The van der Waals surface area contributed by atoms with Crippen LogP contribution < -0.4 is 5.32 Å². The van der Waals surface area contributed by atoms with Crippen molar-refractivity contribution in [3.63, 3.8) is 0 Å². The summed E-state index contributed by atoms with van der Waals surface area (Å²) in [6.07, 6.45) is 2.90. The fraction of sp³-hybridized carbons (Fsp3) is 0.562. The van der Waals surface area contributed by atoms with Gasteiger partial charge in [0.15, 0.2) is 0 Å². The number of rotatable bonds is 5. The summed E-state index contributed by atoms with van der Waals surface area (Å²) >= 11 is 0. The Hall–Kier alpha value is -1.35. The molecular formula is C16H24N2O. The van der Waals surface area contributed by atoms with Crippen molar-refractivity contribution in [3.05, 3.63) is 35.4 Å². The zero-order valence-electron chi connectivity index (χ0n) is 12.0. The maximum atomic E-state index is 11.9. The van der Waals surface area contributed by atoms with Crippen LogP contribution in [0.25, 0.3) is 0 Å². The fourth-order valence-corrected chi connectivity index (χ4v) is 2.77. The van der Waals surface area contributed by atoms with E-state index in [2.05, 4.69) is 43.4 Å². The molecular weight excluding hydrogens is 236 g/mol. The van der Waals surface area contributed by atoms with Gasteiger partial charge in [-0.1, -0.05) is 31.2 Å². The third-order valence-corrected chi connectivity index (χ3v) is 3.84. The Labute approximate surface area is 116 Å². The molecule has 1 saturated heterocycles. The number of nitrogens with zero attached hydrogens (tertiary/aromatic N) is 1. The van der Waals surface area contributed by atoms with Crippen LogP contribution in [-0.4, -0.2) is 30.4 Å². The monoisotopic (exact) mass is 260 g/mol. The van der Waals surface area contributed by atoms with E-state index in [1.807, 2.05) is 4.90 Å². The second kappa shape index (κ2) is 6.71. The van der Waals surface area contributed by atoms with E-state index in [1.54, 1.807) is 0 Å². The minimum atomic E-state index is 0.244. The maximum Gasteiger partial charge on any atom is 0.222 e. The summed E-state index contributed by atoms with van der Waals surface area (Å²) in [5.74, 6) is 0.308. The van der Waals surface area contributed by atoms with Crippen LogP contribution in [0.1, 0.15) is 43.4 Å². The molecule has 0 radical (unpaired) electrons. The smallest absolute Gasteiger partial charge is 0.222 e. The van der Waals surface area contributed by atoms with Crippen molar-refractivity contribution in [1.29, 1.82) is 0 Å². The summed E-state index contributed by atoms with van der Waals surface area (Å²) in [5.41, 5.74) is 2.60. The number of piperidine rings is 1. The highest BCUT2D eigenvalue weighted by Crippen LogP contribution is 2.21. The van der Waals surface area contributed by atoms with Gasteiger partial charge in [0.1, 0.15) is 0 Å². The van der Waals surface area contributed by atoms with E-state index in [9.17, 15) is 4.79 Å². The van der Waals surface area contributed by atoms with Crippen molar-refractivity contribution < 1.29 is 4.79 Å². The number of aryl methyl sites for hydroxylation is 1. The van der Waals surface area contributed by atoms with Gasteiger partial charge in [-0.3, -0.25) is 4.79 Å². The van der Waals surface area contributed by atoms with Gasteiger partial charge in [-0.05, 0) is 37.4 Å². The molecule has 19 heavy (non-hydrogen) atoms. The molecule has 0 aromatic heterocycles. The van der Waals surface area contributed by atoms with E-state index in [1.165, 1.54) is 11.1 Å². The molecule has 1 fully saturated rings. The Morgan fingerprint density at radius 2 is 2.11 bits per heavy atom. The molecule has 0 saturated carbocycles. The van der Waals surface area contributed by atoms with Gasteiger partial charge >= 0.3 is 0 Å². The van der Waals surface area contributed by atoms with Gasteiger partial charge in [0.25, 0.3) is 0 Å². The zero-order chi connectivity index (χ0) is 13.7. The highest BCUT2D eigenvalue weighted by molar-refractivity contribution is 5.76. The molecule has 3 nitrogen and oxygen atoms in total. The van der Waals surface area contributed by atoms with Crippen molar-refractivity contribution in [2.45, 2.75) is 39.2 Å². The Bertz CT molecular complexity index is 431. The minimum Gasteiger partial charge on any atom is -0.341 e. The van der Waals surface area contributed by atoms with Gasteiger partial charge < -0.3 is 10.2 Å². The highest BCUT2D eigenvalue weighted by Gasteiger charge is 2.22. The Kier molecular flexibility index (Phi) is 4.97. The van der Waals surface area contributed by atoms with Crippen LogP contribution >= 0.6 is 0 Å². The lowest BCUT2D eigenvalue weighted by Gasteiger charge is -2.31. The quantitative estimate of drug-likeness (QED) is 0.882. The number of likely N-dealkylation sites (tertiary alicyclic amines) is 1. The molecule has 1 aromatic rings. The number of carbonyl (C=O) groups is 1. The minimum absolute atomic E-state index is 0.244. The van der Waals surface area contributed by atoms with Gasteiger partial charge in [0, 0.05) is 19.5 Å². The average molecular weight is 260 g/mol. The molecule has 3 heteroatoms. The molecule has 1 N–H and O–H groups in total. The number of hydrogen-bond donors (Lipinski definition) is 1. The predicted octanol–water partition coefficient (Wildman–Crippen LogP) is 2.66. The van der Waals surface area contributed by atoms with Crippen LogP contribution in [0.5, 0.6) is 0 Å². The number of amides is 1.